The first-order valence-corrected chi connectivity index (χ1v) is 38.4. The highest BCUT2D eigenvalue weighted by Gasteiger charge is 2.53. The number of nitrogens with zero attached hydrogens (tertiary/aromatic N) is 2. The van der Waals surface area contributed by atoms with Crippen molar-refractivity contribution in [2.45, 2.75) is 227 Å². The number of carbonyl (C=O) groups is 10. The first-order valence-electron chi connectivity index (χ1n) is 38.4. The van der Waals surface area contributed by atoms with Gasteiger partial charge in [-0.15, -0.1) is 0 Å². The molecule has 1 aromatic carbocycles. The summed E-state index contributed by atoms with van der Waals surface area (Å²) in [6, 6.07) is 3.00. The van der Waals surface area contributed by atoms with Gasteiger partial charge in [-0.25, -0.2) is 14.0 Å². The van der Waals surface area contributed by atoms with E-state index >= 15 is 0 Å². The lowest BCUT2D eigenvalue weighted by Crippen LogP contribution is -2.61. The quantitative estimate of drug-likeness (QED) is 0.0260. The Morgan fingerprint density at radius 1 is 0.865 bits per heavy atom. The maximum absolute atomic E-state index is 14.5. The van der Waals surface area contributed by atoms with E-state index in [-0.39, 0.29) is 54.6 Å². The van der Waals surface area contributed by atoms with Crippen LogP contribution >= 0.6 is 0 Å². The minimum atomic E-state index is -2.47. The molecule has 16 atom stereocenters. The Kier molecular flexibility index (Phi) is 37.0. The van der Waals surface area contributed by atoms with E-state index in [1.807, 2.05) is 65.0 Å². The average molecular weight is 1560 g/mol. The molecular formula is C82H120FN5O23. The third-order valence-electron chi connectivity index (χ3n) is 21.9. The minimum absolute atomic E-state index is 0.00697. The molecular weight excluding hydrogens is 1440 g/mol. The first kappa shape index (κ1) is 93.6. The van der Waals surface area contributed by atoms with E-state index in [4.69, 9.17) is 43.7 Å². The molecule has 3 amide bonds. The number of fused-ring (bicyclic) bond motifs is 4. The molecule has 5 heterocycles. The van der Waals surface area contributed by atoms with Crippen molar-refractivity contribution in [1.29, 1.82) is 0 Å². The van der Waals surface area contributed by atoms with Crippen molar-refractivity contribution < 1.29 is 117 Å². The molecule has 10 N–H and O–H groups in total. The van der Waals surface area contributed by atoms with Crippen molar-refractivity contribution in [3.8, 4) is 0 Å². The minimum Gasteiger partial charge on any atom is -0.481 e. The third-order valence-corrected chi connectivity index (χ3v) is 21.9. The predicted molar refractivity (Wildman–Crippen MR) is 410 cm³/mol. The maximum Gasteiger partial charge on any atom is 0.333 e. The Morgan fingerprint density at radius 3 is 2.16 bits per heavy atom. The fourth-order valence-electron chi connectivity index (χ4n) is 14.6. The summed E-state index contributed by atoms with van der Waals surface area (Å²) in [4.78, 5) is 135. The normalized spacial score (nSPS) is 29.4. The van der Waals surface area contributed by atoms with Crippen LogP contribution in [0.5, 0.6) is 0 Å². The Morgan fingerprint density at radius 2 is 1.55 bits per heavy atom. The van der Waals surface area contributed by atoms with E-state index in [2.05, 4.69) is 34.4 Å². The van der Waals surface area contributed by atoms with Crippen molar-refractivity contribution in [3.63, 3.8) is 0 Å². The van der Waals surface area contributed by atoms with Gasteiger partial charge in [0.1, 0.15) is 47.5 Å². The van der Waals surface area contributed by atoms with E-state index in [1.54, 1.807) is 53.0 Å². The number of halogens is 1. The zero-order chi connectivity index (χ0) is 82.9. The molecule has 0 radical (unpaired) electrons. The first-order chi connectivity index (χ1) is 52.4. The van der Waals surface area contributed by atoms with Crippen LogP contribution in [0.3, 0.4) is 0 Å². The number of methoxy groups -OCH3 is 3. The van der Waals surface area contributed by atoms with Gasteiger partial charge in [-0.2, -0.15) is 0 Å². The number of allylic oxidation sites excluding steroid dienone is 6. The largest absolute Gasteiger partial charge is 0.481 e. The summed E-state index contributed by atoms with van der Waals surface area (Å²) in [5.74, 6) is -13.0. The second-order valence-electron chi connectivity index (χ2n) is 30.4. The molecule has 5 aliphatic rings. The van der Waals surface area contributed by atoms with Gasteiger partial charge in [0.2, 0.25) is 5.79 Å². The highest BCUT2D eigenvalue weighted by molar-refractivity contribution is 6.39. The Balaban J connectivity index is 0.000000471. The highest BCUT2D eigenvalue weighted by atomic mass is 19.1. The molecule has 7 rings (SSSR count). The van der Waals surface area contributed by atoms with E-state index in [0.717, 1.165) is 41.4 Å². The molecule has 1 saturated carbocycles. The number of aliphatic hydroxyl groups excluding tert-OH is 4. The zero-order valence-corrected chi connectivity index (χ0v) is 67.0. The molecule has 2 aromatic rings. The molecule has 4 aliphatic heterocycles. The van der Waals surface area contributed by atoms with Gasteiger partial charge in [0.25, 0.3) is 23.5 Å². The van der Waals surface area contributed by atoms with Crippen molar-refractivity contribution in [1.82, 2.24) is 20.1 Å². The predicted octanol–water partition coefficient (Wildman–Crippen LogP) is 7.96. The van der Waals surface area contributed by atoms with Gasteiger partial charge >= 0.3 is 23.9 Å². The molecule has 2 saturated heterocycles. The Hall–Kier alpha value is -7.97. The summed E-state index contributed by atoms with van der Waals surface area (Å²) in [7, 11) is 4.43. The standard InChI is InChI=1S/C56H87NO16.C22H27FN4O2.C4H6O5/c1-33-17-13-12-14-18-34(2)45(68-9)29-41-22-20-39(7)56(67,73-41)51(63)52(64)57-24-16-15-19-42(57)53(65)71-46(30-43(60)35(3)26-38(6)49(62)50(70-11)48(61)37(5)25-33)36(4)27-40-21-23-44(47(28-40)69-10)72-54(66)55(8,31-58)32-59;1-5-27(6-2)10-9-24-22(29)20-13(3)19(25-14(20)4)12-17-16-11-15(23)7-8-18(16)26-21(17)28;5-2(4(8)9)1-3(6)7/h12-14,17-18,26,33,35-37,39-42,44-47,49-50,58-59,62,67H,15-16,19-25,27-32H2,1-11H3;7-8,11-12,25H,5-6,9-10H2,1-4H3,(H,24,29)(H,26,28);2,5H,1H2,(H,6,7)(H,8,9)/b14-12+,17-13-,34-18+,38-26+;17-12-;/t33-,35-,36-,37-,39-,40+,41+,42+,44-,45+,46+,47-,49-,50+,56-;;2-/m1.0/s1. The summed E-state index contributed by atoms with van der Waals surface area (Å²) in [5, 5.41) is 72.9. The van der Waals surface area contributed by atoms with Crippen LogP contribution in [0, 0.1) is 60.6 Å². The lowest BCUT2D eigenvalue weighted by Gasteiger charge is -2.42. The SMILES string of the molecule is CCN(CC)CCNC(=O)c1c(C)[nH]c(/C=C2\C(=O)Nc3ccc(F)cc32)c1C.CO[C@H]1C[C@@H]2CC[C@@H](C)[C@@](O)(O2)C(=O)C(=O)N2CCCC[C@H]2C(=O)O[C@H]([C@H](C)C[C@@H]2CC[C@@H](OC(=O)C(C)(CO)CO)[C@H](OC)C2)CC(=O)[C@H](C)/C=C(\C)[C@@H](O)[C@@H](OC)C(=O)[C@H](C)C[C@H](C)\C=C/C=C/C=C/1C.O=C(O)C[C@H](O)C(=O)O. The molecule has 618 valence electrons. The van der Waals surface area contributed by atoms with Crippen molar-refractivity contribution in [2.75, 3.05) is 72.6 Å². The average Bonchev–Trinajstić information content (AvgIpc) is 1.74. The number of hydrogen-bond donors (Lipinski definition) is 10. The number of hydrogen-bond acceptors (Lipinski definition) is 22. The molecule has 111 heavy (non-hydrogen) atoms. The summed E-state index contributed by atoms with van der Waals surface area (Å²) >= 11 is 0. The number of aliphatic hydroxyl groups is 5. The number of rotatable bonds is 20. The number of benzene rings is 1. The second kappa shape index (κ2) is 43.9. The zero-order valence-electron chi connectivity index (χ0n) is 67.0. The lowest BCUT2D eigenvalue weighted by molar-refractivity contribution is -0.265. The number of aromatic nitrogens is 1. The Bertz CT molecular complexity index is 3710. The summed E-state index contributed by atoms with van der Waals surface area (Å²) < 4.78 is 49.1. The number of Topliss-reactive ketones (excluding diaryl/α,β-unsaturated/α-hetero) is 3. The van der Waals surface area contributed by atoms with Crippen molar-refractivity contribution >= 4 is 76.3 Å². The number of amides is 3. The number of anilines is 1. The van der Waals surface area contributed by atoms with Crippen molar-refractivity contribution in [3.05, 3.63) is 99.7 Å². The molecule has 3 fully saturated rings. The van der Waals surface area contributed by atoms with Gasteiger partial charge in [-0.3, -0.25) is 38.4 Å². The number of aryl methyl sites for hydroxylation is 1. The lowest BCUT2D eigenvalue weighted by atomic mass is 9.78. The number of H-pyrrole nitrogens is 1. The summed E-state index contributed by atoms with van der Waals surface area (Å²) in [6.07, 6.45) is 8.90. The molecule has 1 aliphatic carbocycles. The van der Waals surface area contributed by atoms with Crippen LogP contribution < -0.4 is 10.6 Å². The third kappa shape index (κ3) is 25.8. The summed E-state index contributed by atoms with van der Waals surface area (Å²) in [6.45, 7) is 23.8. The molecule has 0 spiro atoms. The van der Waals surface area contributed by atoms with Gasteiger partial charge in [-0.1, -0.05) is 84.9 Å². The van der Waals surface area contributed by atoms with Crippen LogP contribution in [0.1, 0.15) is 186 Å². The van der Waals surface area contributed by atoms with Gasteiger partial charge in [-0.05, 0) is 171 Å². The van der Waals surface area contributed by atoms with E-state index in [0.29, 0.717) is 104 Å². The fraction of sp³-hybridized carbons (Fsp3) is 0.634. The number of carboxylic acids is 2. The smallest absolute Gasteiger partial charge is 0.333 e. The molecule has 0 unspecified atom stereocenters. The van der Waals surface area contributed by atoms with E-state index in [9.17, 15) is 72.8 Å². The maximum atomic E-state index is 14.5. The monoisotopic (exact) mass is 1560 g/mol. The molecule has 29 heteroatoms. The van der Waals surface area contributed by atoms with Gasteiger partial charge in [0, 0.05) is 94.2 Å². The number of esters is 2. The van der Waals surface area contributed by atoms with Crippen LogP contribution in [0.25, 0.3) is 11.6 Å². The molecule has 2 bridgehead atoms. The number of ketones is 3. The number of aromatic amines is 1. The topological polar surface area (TPSA) is 414 Å². The number of cyclic esters (lactones) is 1. The number of piperidine rings is 1. The number of ether oxygens (including phenoxy) is 6. The second-order valence-corrected chi connectivity index (χ2v) is 30.4. The number of likely N-dealkylation sites (N-methyl/N-ethyl adjacent to an activating group) is 1. The highest BCUT2D eigenvalue weighted by Crippen LogP contribution is 2.40. The summed E-state index contributed by atoms with van der Waals surface area (Å²) in [5.41, 5.74) is 3.93. The van der Waals surface area contributed by atoms with Crippen LogP contribution in [-0.4, -0.2) is 237 Å². The van der Waals surface area contributed by atoms with Gasteiger partial charge in [0.05, 0.1) is 49.1 Å². The van der Waals surface area contributed by atoms with E-state index < -0.39 is 151 Å². The Labute approximate surface area is 650 Å². The van der Waals surface area contributed by atoms with Gasteiger partial charge in [0.15, 0.2) is 11.9 Å². The number of nitrogens with one attached hydrogen (secondary N) is 3. The number of carboxylic acid groups (broad SMARTS) is 2. The number of carbonyl (C=O) groups excluding carboxylic acids is 8. The molecule has 1 aromatic heterocycles. The van der Waals surface area contributed by atoms with Crippen LogP contribution in [-0.2, 0) is 71.6 Å². The van der Waals surface area contributed by atoms with Crippen LogP contribution in [0.2, 0.25) is 0 Å². The van der Waals surface area contributed by atoms with Gasteiger partial charge < -0.3 is 89.6 Å². The van der Waals surface area contributed by atoms with Crippen molar-refractivity contribution in [2.24, 2.45) is 40.9 Å². The van der Waals surface area contributed by atoms with Crippen LogP contribution in [0.15, 0.2) is 65.8 Å². The fourth-order valence-corrected chi connectivity index (χ4v) is 14.6. The number of aliphatic carboxylic acids is 2. The van der Waals surface area contributed by atoms with Crippen LogP contribution in [0.4, 0.5) is 10.1 Å². The van der Waals surface area contributed by atoms with E-state index in [1.165, 1.54) is 33.3 Å². The molecule has 28 nitrogen and oxygen atoms in total.